The summed E-state index contributed by atoms with van der Waals surface area (Å²) in [5, 5.41) is 12.4. The fraction of sp³-hybridized carbons (Fsp3) is 0.500. The molecule has 0 aliphatic carbocycles. The molecule has 100 valence electrons. The number of rotatable bonds is 6. The molecule has 18 heavy (non-hydrogen) atoms. The Kier molecular flexibility index (Phi) is 6.36. The molecule has 1 unspecified atom stereocenters. The second-order valence-corrected chi connectivity index (χ2v) is 5.67. The van der Waals surface area contributed by atoms with E-state index in [2.05, 4.69) is 21.2 Å². The van der Waals surface area contributed by atoms with Crippen LogP contribution in [-0.4, -0.2) is 23.7 Å². The van der Waals surface area contributed by atoms with Crippen molar-refractivity contribution in [3.05, 3.63) is 34.3 Å². The average molecular weight is 314 g/mol. The lowest BCUT2D eigenvalue weighted by Gasteiger charge is -2.14. The van der Waals surface area contributed by atoms with E-state index in [0.29, 0.717) is 19.4 Å². The molecule has 2 N–H and O–H groups in total. The zero-order valence-corrected chi connectivity index (χ0v) is 12.4. The Morgan fingerprint density at radius 2 is 2.17 bits per heavy atom. The number of aliphatic hydroxyl groups is 1. The maximum absolute atomic E-state index is 11.7. The number of aliphatic hydroxyl groups excluding tert-OH is 1. The van der Waals surface area contributed by atoms with Crippen molar-refractivity contribution in [1.29, 1.82) is 0 Å². The fourth-order valence-corrected chi connectivity index (χ4v) is 2.03. The molecule has 1 aromatic carbocycles. The topological polar surface area (TPSA) is 49.3 Å². The van der Waals surface area contributed by atoms with E-state index in [1.165, 1.54) is 0 Å². The zero-order chi connectivity index (χ0) is 13.5. The SMILES string of the molecule is CC(C)C(O)CCNC(=O)Cc1cccc(Br)c1. The van der Waals surface area contributed by atoms with Crippen LogP contribution >= 0.6 is 15.9 Å². The number of nitrogens with one attached hydrogen (secondary N) is 1. The molecule has 0 fully saturated rings. The molecule has 0 aliphatic rings. The van der Waals surface area contributed by atoms with Crippen molar-refractivity contribution in [2.45, 2.75) is 32.8 Å². The minimum Gasteiger partial charge on any atom is -0.393 e. The van der Waals surface area contributed by atoms with Gasteiger partial charge in [0.05, 0.1) is 12.5 Å². The van der Waals surface area contributed by atoms with Gasteiger partial charge < -0.3 is 10.4 Å². The highest BCUT2D eigenvalue weighted by atomic mass is 79.9. The first-order valence-electron chi connectivity index (χ1n) is 6.18. The van der Waals surface area contributed by atoms with E-state index in [0.717, 1.165) is 10.0 Å². The van der Waals surface area contributed by atoms with Crippen LogP contribution in [0.4, 0.5) is 0 Å². The van der Waals surface area contributed by atoms with E-state index < -0.39 is 0 Å². The van der Waals surface area contributed by atoms with Gasteiger partial charge in [0.25, 0.3) is 0 Å². The number of benzene rings is 1. The summed E-state index contributed by atoms with van der Waals surface area (Å²) >= 11 is 3.37. The zero-order valence-electron chi connectivity index (χ0n) is 10.8. The molecule has 0 heterocycles. The molecule has 0 aliphatic heterocycles. The smallest absolute Gasteiger partial charge is 0.224 e. The van der Waals surface area contributed by atoms with Gasteiger partial charge in [-0.15, -0.1) is 0 Å². The van der Waals surface area contributed by atoms with Gasteiger partial charge >= 0.3 is 0 Å². The van der Waals surface area contributed by atoms with Crippen molar-refractivity contribution < 1.29 is 9.90 Å². The second kappa shape index (κ2) is 7.54. The lowest BCUT2D eigenvalue weighted by molar-refractivity contribution is -0.120. The van der Waals surface area contributed by atoms with Gasteiger partial charge in [-0.25, -0.2) is 0 Å². The minimum absolute atomic E-state index is 0.0101. The largest absolute Gasteiger partial charge is 0.393 e. The van der Waals surface area contributed by atoms with E-state index in [9.17, 15) is 9.90 Å². The monoisotopic (exact) mass is 313 g/mol. The third-order valence-corrected chi connectivity index (χ3v) is 3.28. The van der Waals surface area contributed by atoms with E-state index in [-0.39, 0.29) is 17.9 Å². The first-order chi connectivity index (χ1) is 8.49. The van der Waals surface area contributed by atoms with E-state index >= 15 is 0 Å². The molecular formula is C14H20BrNO2. The Morgan fingerprint density at radius 1 is 1.44 bits per heavy atom. The molecule has 0 saturated carbocycles. The van der Waals surface area contributed by atoms with Crippen LogP contribution in [0.5, 0.6) is 0 Å². The fourth-order valence-electron chi connectivity index (χ4n) is 1.59. The molecule has 0 aromatic heterocycles. The Bertz CT molecular complexity index is 393. The lowest BCUT2D eigenvalue weighted by atomic mass is 10.0. The third kappa shape index (κ3) is 5.65. The van der Waals surface area contributed by atoms with Crippen molar-refractivity contribution in [2.75, 3.05) is 6.54 Å². The highest BCUT2D eigenvalue weighted by molar-refractivity contribution is 9.10. The summed E-state index contributed by atoms with van der Waals surface area (Å²) < 4.78 is 0.975. The number of amides is 1. The van der Waals surface area contributed by atoms with Gasteiger partial charge in [0.15, 0.2) is 0 Å². The third-order valence-electron chi connectivity index (χ3n) is 2.79. The number of halogens is 1. The van der Waals surface area contributed by atoms with Crippen LogP contribution in [0.15, 0.2) is 28.7 Å². The first-order valence-corrected chi connectivity index (χ1v) is 6.97. The van der Waals surface area contributed by atoms with Gasteiger partial charge in [0, 0.05) is 11.0 Å². The molecule has 0 spiro atoms. The minimum atomic E-state index is -0.351. The van der Waals surface area contributed by atoms with Crippen molar-refractivity contribution in [1.82, 2.24) is 5.32 Å². The summed E-state index contributed by atoms with van der Waals surface area (Å²) in [5.74, 6) is 0.219. The maximum Gasteiger partial charge on any atom is 0.224 e. The molecule has 1 aromatic rings. The van der Waals surface area contributed by atoms with E-state index in [4.69, 9.17) is 0 Å². The normalized spacial score (nSPS) is 12.5. The molecule has 0 bridgehead atoms. The quantitative estimate of drug-likeness (QED) is 0.848. The summed E-state index contributed by atoms with van der Waals surface area (Å²) in [6.45, 7) is 4.45. The predicted molar refractivity (Wildman–Crippen MR) is 76.3 cm³/mol. The highest BCUT2D eigenvalue weighted by Gasteiger charge is 2.09. The Labute approximate surface area is 117 Å². The van der Waals surface area contributed by atoms with Crippen LogP contribution in [0.2, 0.25) is 0 Å². The standard InChI is InChI=1S/C14H20BrNO2/c1-10(2)13(17)6-7-16-14(18)9-11-4-3-5-12(15)8-11/h3-5,8,10,13,17H,6-7,9H2,1-2H3,(H,16,18). The van der Waals surface area contributed by atoms with Gasteiger partial charge in [0.2, 0.25) is 5.91 Å². The number of hydrogen-bond donors (Lipinski definition) is 2. The van der Waals surface area contributed by atoms with Crippen molar-refractivity contribution in [2.24, 2.45) is 5.92 Å². The van der Waals surface area contributed by atoms with Crippen LogP contribution in [0.1, 0.15) is 25.8 Å². The van der Waals surface area contributed by atoms with Gasteiger partial charge in [-0.3, -0.25) is 4.79 Å². The summed E-state index contributed by atoms with van der Waals surface area (Å²) in [5.41, 5.74) is 0.978. The molecule has 3 nitrogen and oxygen atoms in total. The molecule has 1 amide bonds. The lowest BCUT2D eigenvalue weighted by Crippen LogP contribution is -2.29. The number of hydrogen-bond acceptors (Lipinski definition) is 2. The maximum atomic E-state index is 11.7. The van der Waals surface area contributed by atoms with Crippen molar-refractivity contribution in [3.8, 4) is 0 Å². The van der Waals surface area contributed by atoms with Gasteiger partial charge in [0.1, 0.15) is 0 Å². The Hall–Kier alpha value is -0.870. The first kappa shape index (κ1) is 15.2. The molecule has 1 rings (SSSR count). The summed E-state index contributed by atoms with van der Waals surface area (Å²) in [6.07, 6.45) is 0.621. The molecule has 0 radical (unpaired) electrons. The van der Waals surface area contributed by atoms with Crippen LogP contribution in [0.25, 0.3) is 0 Å². The van der Waals surface area contributed by atoms with E-state index in [1.807, 2.05) is 38.1 Å². The highest BCUT2D eigenvalue weighted by Crippen LogP contribution is 2.12. The van der Waals surface area contributed by atoms with Crippen molar-refractivity contribution in [3.63, 3.8) is 0 Å². The Morgan fingerprint density at radius 3 is 2.78 bits per heavy atom. The van der Waals surface area contributed by atoms with E-state index in [1.54, 1.807) is 0 Å². The van der Waals surface area contributed by atoms with Crippen LogP contribution in [0.3, 0.4) is 0 Å². The van der Waals surface area contributed by atoms with Crippen LogP contribution < -0.4 is 5.32 Å². The van der Waals surface area contributed by atoms with Gasteiger partial charge in [-0.1, -0.05) is 41.9 Å². The predicted octanol–water partition coefficient (Wildman–Crippen LogP) is 2.51. The van der Waals surface area contributed by atoms with Crippen LogP contribution in [0, 0.1) is 5.92 Å². The number of carbonyl (C=O) groups is 1. The average Bonchev–Trinajstić information content (AvgIpc) is 2.28. The summed E-state index contributed by atoms with van der Waals surface area (Å²) in [7, 11) is 0. The summed E-state index contributed by atoms with van der Waals surface area (Å²) in [4.78, 5) is 11.7. The van der Waals surface area contributed by atoms with Crippen LogP contribution in [-0.2, 0) is 11.2 Å². The van der Waals surface area contributed by atoms with Gasteiger partial charge in [-0.05, 0) is 30.0 Å². The molecule has 0 saturated heterocycles. The van der Waals surface area contributed by atoms with Gasteiger partial charge in [-0.2, -0.15) is 0 Å². The summed E-state index contributed by atoms with van der Waals surface area (Å²) in [6, 6.07) is 7.70. The number of carbonyl (C=O) groups excluding carboxylic acids is 1. The molecular weight excluding hydrogens is 294 g/mol. The van der Waals surface area contributed by atoms with Crippen molar-refractivity contribution >= 4 is 21.8 Å². The molecule has 1 atom stereocenters. The second-order valence-electron chi connectivity index (χ2n) is 4.76. The Balaban J connectivity index is 2.30. The molecule has 4 heteroatoms.